The molecule has 0 aliphatic carbocycles. The quantitative estimate of drug-likeness (QED) is 0.839. The van der Waals surface area contributed by atoms with Gasteiger partial charge in [0, 0.05) is 19.2 Å². The number of alkyl halides is 3. The summed E-state index contributed by atoms with van der Waals surface area (Å²) in [5.74, 6) is 0.00623. The van der Waals surface area contributed by atoms with Gasteiger partial charge in [0.25, 0.3) is 5.56 Å². The van der Waals surface area contributed by atoms with Crippen LogP contribution in [0.1, 0.15) is 45.2 Å². The van der Waals surface area contributed by atoms with Gasteiger partial charge in [0.15, 0.2) is 5.69 Å². The maximum absolute atomic E-state index is 12.7. The number of nitrogens with one attached hydrogen (secondary N) is 1. The van der Waals surface area contributed by atoms with E-state index in [9.17, 15) is 18.0 Å². The van der Waals surface area contributed by atoms with Crippen LogP contribution in [-0.2, 0) is 6.18 Å². The van der Waals surface area contributed by atoms with Crippen LogP contribution in [0.25, 0.3) is 0 Å². The Bertz CT molecular complexity index is 463. The van der Waals surface area contributed by atoms with Crippen molar-refractivity contribution in [3.8, 4) is 0 Å². The molecular formula is C13H20F3N3O. The van der Waals surface area contributed by atoms with E-state index < -0.39 is 17.4 Å². The van der Waals surface area contributed by atoms with E-state index >= 15 is 0 Å². The van der Waals surface area contributed by atoms with Crippen molar-refractivity contribution in [3.63, 3.8) is 0 Å². The molecule has 0 aliphatic rings. The standard InChI is InChI=1S/C13H20F3N3O/c1-3-5-7-19(8-6-4-2)12-17-10(13(14,15)16)9-11(20)18-12/h9H,3-8H2,1-2H3,(H,17,18,20). The zero-order valence-corrected chi connectivity index (χ0v) is 11.8. The van der Waals surface area contributed by atoms with Crippen molar-refractivity contribution >= 4 is 5.95 Å². The fraction of sp³-hybridized carbons (Fsp3) is 0.692. The van der Waals surface area contributed by atoms with Gasteiger partial charge >= 0.3 is 6.18 Å². The second-order valence-corrected chi connectivity index (χ2v) is 4.65. The first-order valence-corrected chi connectivity index (χ1v) is 6.82. The molecule has 0 radical (unpaired) electrons. The largest absolute Gasteiger partial charge is 0.433 e. The van der Waals surface area contributed by atoms with Crippen LogP contribution in [-0.4, -0.2) is 23.1 Å². The third-order valence-electron chi connectivity index (χ3n) is 2.88. The van der Waals surface area contributed by atoms with Crippen LogP contribution >= 0.6 is 0 Å². The third-order valence-corrected chi connectivity index (χ3v) is 2.88. The summed E-state index contributed by atoms with van der Waals surface area (Å²) in [5, 5.41) is 0. The van der Waals surface area contributed by atoms with Crippen molar-refractivity contribution in [1.82, 2.24) is 9.97 Å². The molecule has 1 N–H and O–H groups in total. The van der Waals surface area contributed by atoms with Gasteiger partial charge in [-0.1, -0.05) is 26.7 Å². The van der Waals surface area contributed by atoms with Gasteiger partial charge in [-0.3, -0.25) is 9.78 Å². The normalized spacial score (nSPS) is 11.7. The average Bonchev–Trinajstić information content (AvgIpc) is 2.37. The van der Waals surface area contributed by atoms with Crippen LogP contribution in [0.15, 0.2) is 10.9 Å². The van der Waals surface area contributed by atoms with E-state index in [-0.39, 0.29) is 5.95 Å². The predicted molar refractivity (Wildman–Crippen MR) is 71.9 cm³/mol. The summed E-state index contributed by atoms with van der Waals surface area (Å²) >= 11 is 0. The Labute approximate surface area is 116 Å². The lowest BCUT2D eigenvalue weighted by molar-refractivity contribution is -0.141. The minimum absolute atomic E-state index is 0.00623. The van der Waals surface area contributed by atoms with Gasteiger partial charge < -0.3 is 4.90 Å². The Morgan fingerprint density at radius 2 is 1.75 bits per heavy atom. The molecule has 114 valence electrons. The fourth-order valence-electron chi connectivity index (χ4n) is 1.76. The number of aromatic nitrogens is 2. The molecule has 0 unspecified atom stereocenters. The summed E-state index contributed by atoms with van der Waals surface area (Å²) in [7, 11) is 0. The summed E-state index contributed by atoms with van der Waals surface area (Å²) in [5.41, 5.74) is -1.92. The number of halogens is 3. The molecule has 0 atom stereocenters. The van der Waals surface area contributed by atoms with Crippen LogP contribution in [0, 0.1) is 0 Å². The summed E-state index contributed by atoms with van der Waals surface area (Å²) in [6.45, 7) is 5.17. The lowest BCUT2D eigenvalue weighted by Gasteiger charge is -2.23. The van der Waals surface area contributed by atoms with Crippen molar-refractivity contribution in [2.45, 2.75) is 45.7 Å². The Hall–Kier alpha value is -1.53. The molecule has 4 nitrogen and oxygen atoms in total. The number of hydrogen-bond acceptors (Lipinski definition) is 3. The summed E-state index contributed by atoms with van der Waals surface area (Å²) in [4.78, 5) is 19.1. The molecule has 0 aliphatic heterocycles. The summed E-state index contributed by atoms with van der Waals surface area (Å²) in [6, 6.07) is 0.487. The molecule has 0 fully saturated rings. The number of H-pyrrole nitrogens is 1. The number of anilines is 1. The second-order valence-electron chi connectivity index (χ2n) is 4.65. The van der Waals surface area contributed by atoms with E-state index in [4.69, 9.17) is 0 Å². The van der Waals surface area contributed by atoms with Crippen LogP contribution in [0.5, 0.6) is 0 Å². The molecule has 0 bridgehead atoms. The highest BCUT2D eigenvalue weighted by Gasteiger charge is 2.33. The molecule has 1 aromatic heterocycles. The highest BCUT2D eigenvalue weighted by atomic mass is 19.4. The van der Waals surface area contributed by atoms with Crippen molar-refractivity contribution in [2.24, 2.45) is 0 Å². The van der Waals surface area contributed by atoms with E-state index in [0.717, 1.165) is 25.7 Å². The highest BCUT2D eigenvalue weighted by molar-refractivity contribution is 5.30. The van der Waals surface area contributed by atoms with Crippen molar-refractivity contribution in [1.29, 1.82) is 0 Å². The van der Waals surface area contributed by atoms with Crippen LogP contribution in [0.2, 0.25) is 0 Å². The molecular weight excluding hydrogens is 271 g/mol. The first kappa shape index (κ1) is 16.5. The number of unbranched alkanes of at least 4 members (excludes halogenated alkanes) is 2. The summed E-state index contributed by atoms with van der Waals surface area (Å²) < 4.78 is 38.0. The number of nitrogens with zero attached hydrogens (tertiary/aromatic N) is 2. The molecule has 1 rings (SSSR count). The zero-order valence-electron chi connectivity index (χ0n) is 11.8. The molecule has 20 heavy (non-hydrogen) atoms. The fourth-order valence-corrected chi connectivity index (χ4v) is 1.76. The number of rotatable bonds is 7. The molecule has 0 saturated heterocycles. The van der Waals surface area contributed by atoms with E-state index in [0.29, 0.717) is 19.2 Å². The minimum Gasteiger partial charge on any atom is -0.342 e. The van der Waals surface area contributed by atoms with Gasteiger partial charge in [-0.2, -0.15) is 13.2 Å². The molecule has 0 spiro atoms. The number of hydrogen-bond donors (Lipinski definition) is 1. The molecule has 7 heteroatoms. The SMILES string of the molecule is CCCCN(CCCC)c1nc(C(F)(F)F)cc(=O)[nH]1. The predicted octanol–water partition coefficient (Wildman–Crippen LogP) is 3.20. The third kappa shape index (κ3) is 4.86. The smallest absolute Gasteiger partial charge is 0.342 e. The molecule has 0 aromatic carbocycles. The van der Waals surface area contributed by atoms with Gasteiger partial charge in [-0.25, -0.2) is 4.98 Å². The Morgan fingerprint density at radius 3 is 2.20 bits per heavy atom. The second kappa shape index (κ2) is 7.31. The Balaban J connectivity index is 3.05. The van der Waals surface area contributed by atoms with E-state index in [1.807, 2.05) is 13.8 Å². The first-order chi connectivity index (χ1) is 9.38. The van der Waals surface area contributed by atoms with Crippen molar-refractivity contribution < 1.29 is 13.2 Å². The number of aromatic amines is 1. The van der Waals surface area contributed by atoms with Gasteiger partial charge in [0.05, 0.1) is 0 Å². The molecule has 0 amide bonds. The minimum atomic E-state index is -4.61. The monoisotopic (exact) mass is 291 g/mol. The lowest BCUT2D eigenvalue weighted by atomic mass is 10.3. The van der Waals surface area contributed by atoms with Crippen LogP contribution in [0.3, 0.4) is 0 Å². The van der Waals surface area contributed by atoms with Gasteiger partial charge in [-0.15, -0.1) is 0 Å². The van der Waals surface area contributed by atoms with E-state index in [2.05, 4.69) is 9.97 Å². The van der Waals surface area contributed by atoms with E-state index in [1.54, 1.807) is 4.90 Å². The van der Waals surface area contributed by atoms with Crippen LogP contribution < -0.4 is 10.5 Å². The maximum atomic E-state index is 12.7. The van der Waals surface area contributed by atoms with Gasteiger partial charge in [-0.05, 0) is 12.8 Å². The van der Waals surface area contributed by atoms with Gasteiger partial charge in [0.2, 0.25) is 5.95 Å². The highest BCUT2D eigenvalue weighted by Crippen LogP contribution is 2.27. The maximum Gasteiger partial charge on any atom is 0.433 e. The Kier molecular flexibility index (Phi) is 6.04. The average molecular weight is 291 g/mol. The molecule has 0 saturated carbocycles. The first-order valence-electron chi connectivity index (χ1n) is 6.82. The lowest BCUT2D eigenvalue weighted by Crippen LogP contribution is -2.30. The topological polar surface area (TPSA) is 49.0 Å². The zero-order chi connectivity index (χ0) is 15.2. The Morgan fingerprint density at radius 1 is 1.20 bits per heavy atom. The summed E-state index contributed by atoms with van der Waals surface area (Å²) in [6.07, 6.45) is -1.09. The van der Waals surface area contributed by atoms with Crippen molar-refractivity contribution in [3.05, 3.63) is 22.1 Å². The van der Waals surface area contributed by atoms with Crippen LogP contribution in [0.4, 0.5) is 19.1 Å². The van der Waals surface area contributed by atoms with Gasteiger partial charge in [0.1, 0.15) is 0 Å². The van der Waals surface area contributed by atoms with E-state index in [1.165, 1.54) is 0 Å². The molecule has 1 heterocycles. The molecule has 1 aromatic rings. The van der Waals surface area contributed by atoms with Crippen molar-refractivity contribution in [2.75, 3.05) is 18.0 Å².